The Balaban J connectivity index is 2.21. The van der Waals surface area contributed by atoms with Crippen LogP contribution in [0.5, 0.6) is 0 Å². The van der Waals surface area contributed by atoms with Gasteiger partial charge in [-0.3, -0.25) is 4.79 Å². The third kappa shape index (κ3) is 9.66. The predicted octanol–water partition coefficient (Wildman–Crippen LogP) is 6.11. The van der Waals surface area contributed by atoms with Crippen LogP contribution in [0.2, 0.25) is 0 Å². The Labute approximate surface area is 155 Å². The van der Waals surface area contributed by atoms with E-state index in [2.05, 4.69) is 5.32 Å². The highest BCUT2D eigenvalue weighted by atomic mass is 19.3. The molecule has 0 unspecified atom stereocenters. The average molecular weight is 367 g/mol. The van der Waals surface area contributed by atoms with Crippen molar-refractivity contribution in [2.45, 2.75) is 65.2 Å². The lowest BCUT2D eigenvalue weighted by atomic mass is 10.1. The largest absolute Gasteiger partial charge is 0.382 e. The summed E-state index contributed by atoms with van der Waals surface area (Å²) in [6, 6.07) is 7.86. The van der Waals surface area contributed by atoms with E-state index < -0.39 is 6.08 Å². The van der Waals surface area contributed by atoms with Gasteiger partial charge in [-0.1, -0.05) is 25.5 Å². The van der Waals surface area contributed by atoms with Gasteiger partial charge >= 0.3 is 0 Å². The maximum atomic E-state index is 12.5. The zero-order valence-corrected chi connectivity index (χ0v) is 16.0. The minimum absolute atomic E-state index is 0.0305. The first kappa shape index (κ1) is 22.3. The van der Waals surface area contributed by atoms with Gasteiger partial charge in [-0.05, 0) is 68.7 Å². The van der Waals surface area contributed by atoms with Crippen LogP contribution in [-0.2, 0) is 16.0 Å². The van der Waals surface area contributed by atoms with Crippen LogP contribution in [0.1, 0.15) is 64.4 Å². The smallest absolute Gasteiger partial charge is 0.269 e. The molecular weight excluding hydrogens is 336 g/mol. The number of anilines is 1. The summed E-state index contributed by atoms with van der Waals surface area (Å²) in [6.45, 7) is 5.24. The van der Waals surface area contributed by atoms with Crippen LogP contribution in [0.3, 0.4) is 0 Å². The predicted molar refractivity (Wildman–Crippen MR) is 103 cm³/mol. The SMILES string of the molecule is CCOCCCc1ccc(NC(=O)CCCCCC(CC)=C(F)F)cc1. The normalized spacial score (nSPS) is 10.6. The van der Waals surface area contributed by atoms with Crippen molar-refractivity contribution in [3.63, 3.8) is 0 Å². The van der Waals surface area contributed by atoms with Gasteiger partial charge in [0.15, 0.2) is 0 Å². The molecule has 3 nitrogen and oxygen atoms in total. The van der Waals surface area contributed by atoms with E-state index in [0.717, 1.165) is 38.2 Å². The number of benzene rings is 1. The Kier molecular flexibility index (Phi) is 11.5. The van der Waals surface area contributed by atoms with Gasteiger partial charge in [0, 0.05) is 25.3 Å². The van der Waals surface area contributed by atoms with Gasteiger partial charge in [0.1, 0.15) is 0 Å². The van der Waals surface area contributed by atoms with E-state index in [1.807, 2.05) is 31.2 Å². The number of aryl methyl sites for hydroxylation is 1. The molecule has 1 aromatic carbocycles. The van der Waals surface area contributed by atoms with E-state index in [1.54, 1.807) is 6.92 Å². The van der Waals surface area contributed by atoms with E-state index >= 15 is 0 Å². The molecule has 0 spiro atoms. The lowest BCUT2D eigenvalue weighted by molar-refractivity contribution is -0.116. The number of nitrogens with one attached hydrogen (secondary N) is 1. The standard InChI is InChI=1S/C21H31F2NO2/c1-3-18(21(22)23)10-6-5-7-11-20(25)24-19-14-12-17(13-15-19)9-8-16-26-4-2/h12-15H,3-11,16H2,1-2H3,(H,24,25). The summed E-state index contributed by atoms with van der Waals surface area (Å²) in [5.41, 5.74) is 2.25. The number of carbonyl (C=O) groups excluding carboxylic acids is 1. The molecule has 5 heteroatoms. The first-order valence-corrected chi connectivity index (χ1v) is 9.56. The highest BCUT2D eigenvalue weighted by molar-refractivity contribution is 5.90. The first-order chi connectivity index (χ1) is 12.6. The number of ether oxygens (including phenoxy) is 1. The van der Waals surface area contributed by atoms with Gasteiger partial charge in [0.2, 0.25) is 5.91 Å². The number of amides is 1. The van der Waals surface area contributed by atoms with Crippen molar-refractivity contribution in [3.05, 3.63) is 41.5 Å². The summed E-state index contributed by atoms with van der Waals surface area (Å²) in [7, 11) is 0. The molecule has 0 aliphatic rings. The molecule has 1 aromatic rings. The van der Waals surface area contributed by atoms with Crippen molar-refractivity contribution in [1.29, 1.82) is 0 Å². The van der Waals surface area contributed by atoms with E-state index in [9.17, 15) is 13.6 Å². The molecule has 1 N–H and O–H groups in total. The molecule has 0 saturated carbocycles. The third-order valence-corrected chi connectivity index (χ3v) is 4.27. The molecule has 146 valence electrons. The summed E-state index contributed by atoms with van der Waals surface area (Å²) in [5.74, 6) is -0.0305. The number of rotatable bonds is 13. The van der Waals surface area contributed by atoms with Crippen LogP contribution in [0.4, 0.5) is 14.5 Å². The molecule has 1 amide bonds. The fraction of sp³-hybridized carbons (Fsp3) is 0.571. The summed E-state index contributed by atoms with van der Waals surface area (Å²) in [5, 5.41) is 2.88. The van der Waals surface area contributed by atoms with Crippen LogP contribution < -0.4 is 5.32 Å². The highest BCUT2D eigenvalue weighted by Crippen LogP contribution is 2.19. The van der Waals surface area contributed by atoms with Crippen LogP contribution in [0, 0.1) is 0 Å². The van der Waals surface area contributed by atoms with Crippen molar-refractivity contribution >= 4 is 11.6 Å². The summed E-state index contributed by atoms with van der Waals surface area (Å²) < 4.78 is 30.4. The second kappa shape index (κ2) is 13.5. The molecule has 0 radical (unpaired) electrons. The van der Waals surface area contributed by atoms with Crippen LogP contribution in [0.15, 0.2) is 35.9 Å². The minimum Gasteiger partial charge on any atom is -0.382 e. The molecule has 0 bridgehead atoms. The van der Waals surface area contributed by atoms with Gasteiger partial charge in [-0.2, -0.15) is 8.78 Å². The second-order valence-corrected chi connectivity index (χ2v) is 6.32. The van der Waals surface area contributed by atoms with E-state index in [0.29, 0.717) is 32.1 Å². The van der Waals surface area contributed by atoms with Gasteiger partial charge in [0.25, 0.3) is 6.08 Å². The maximum Gasteiger partial charge on any atom is 0.269 e. The molecule has 0 atom stereocenters. The first-order valence-electron chi connectivity index (χ1n) is 9.56. The highest BCUT2D eigenvalue weighted by Gasteiger charge is 2.05. The van der Waals surface area contributed by atoms with Crippen molar-refractivity contribution in [1.82, 2.24) is 0 Å². The van der Waals surface area contributed by atoms with Crippen molar-refractivity contribution in [2.75, 3.05) is 18.5 Å². The molecular formula is C21H31F2NO2. The molecule has 0 aromatic heterocycles. The molecule has 0 saturated heterocycles. The Morgan fingerprint density at radius 2 is 1.69 bits per heavy atom. The van der Waals surface area contributed by atoms with E-state index in [-0.39, 0.29) is 11.5 Å². The van der Waals surface area contributed by atoms with Crippen LogP contribution >= 0.6 is 0 Å². The molecule has 0 heterocycles. The molecule has 1 rings (SSSR count). The molecule has 0 aliphatic carbocycles. The zero-order chi connectivity index (χ0) is 19.2. The summed E-state index contributed by atoms with van der Waals surface area (Å²) >= 11 is 0. The maximum absolute atomic E-state index is 12.5. The van der Waals surface area contributed by atoms with E-state index in [1.165, 1.54) is 5.56 Å². The lowest BCUT2D eigenvalue weighted by Gasteiger charge is -2.07. The average Bonchev–Trinajstić information content (AvgIpc) is 2.63. The Hall–Kier alpha value is -1.75. The Bertz CT molecular complexity index is 552. The monoisotopic (exact) mass is 367 g/mol. The van der Waals surface area contributed by atoms with Gasteiger partial charge in [-0.15, -0.1) is 0 Å². The van der Waals surface area contributed by atoms with Crippen molar-refractivity contribution < 1.29 is 18.3 Å². The quantitative estimate of drug-likeness (QED) is 0.427. The number of halogens is 2. The third-order valence-electron chi connectivity index (χ3n) is 4.27. The number of unbranched alkanes of at least 4 members (excludes halogenated alkanes) is 2. The van der Waals surface area contributed by atoms with Crippen LogP contribution in [0.25, 0.3) is 0 Å². The zero-order valence-electron chi connectivity index (χ0n) is 16.0. The van der Waals surface area contributed by atoms with Crippen molar-refractivity contribution in [3.8, 4) is 0 Å². The summed E-state index contributed by atoms with van der Waals surface area (Å²) in [6.07, 6.45) is 3.82. The topological polar surface area (TPSA) is 38.3 Å². The van der Waals surface area contributed by atoms with Gasteiger partial charge in [-0.25, -0.2) is 0 Å². The molecule has 26 heavy (non-hydrogen) atoms. The Morgan fingerprint density at radius 1 is 1.00 bits per heavy atom. The van der Waals surface area contributed by atoms with Crippen molar-refractivity contribution in [2.24, 2.45) is 0 Å². The fourth-order valence-corrected chi connectivity index (χ4v) is 2.71. The van der Waals surface area contributed by atoms with Crippen LogP contribution in [-0.4, -0.2) is 19.1 Å². The molecule has 0 aliphatic heterocycles. The number of hydrogen-bond acceptors (Lipinski definition) is 2. The molecule has 0 fully saturated rings. The van der Waals surface area contributed by atoms with Gasteiger partial charge < -0.3 is 10.1 Å². The van der Waals surface area contributed by atoms with E-state index in [4.69, 9.17) is 4.74 Å². The second-order valence-electron chi connectivity index (χ2n) is 6.32. The fourth-order valence-electron chi connectivity index (χ4n) is 2.71. The minimum atomic E-state index is -1.55. The number of hydrogen-bond donors (Lipinski definition) is 1. The van der Waals surface area contributed by atoms with Gasteiger partial charge in [0.05, 0.1) is 0 Å². The summed E-state index contributed by atoms with van der Waals surface area (Å²) in [4.78, 5) is 11.9. The lowest BCUT2D eigenvalue weighted by Crippen LogP contribution is -2.11. The Morgan fingerprint density at radius 3 is 2.31 bits per heavy atom. The number of allylic oxidation sites excluding steroid dienone is 1. The number of carbonyl (C=O) groups is 1.